The third kappa shape index (κ3) is 7.23. The van der Waals surface area contributed by atoms with E-state index < -0.39 is 11.9 Å². The topological polar surface area (TPSA) is 126 Å². The van der Waals surface area contributed by atoms with Crippen molar-refractivity contribution in [3.05, 3.63) is 52.4 Å². The number of hydrogen-bond donors (Lipinski definition) is 2. The highest BCUT2D eigenvalue weighted by Crippen LogP contribution is 2.53. The molecule has 2 N–H and O–H groups in total. The average Bonchev–Trinajstić information content (AvgIpc) is 3.36. The summed E-state index contributed by atoms with van der Waals surface area (Å²) in [5.41, 5.74) is 0.616. The van der Waals surface area contributed by atoms with Crippen molar-refractivity contribution in [2.75, 3.05) is 44.2 Å². The number of benzene rings is 1. The zero-order chi connectivity index (χ0) is 33.3. The molecule has 1 atom stereocenters. The Balaban J connectivity index is 0.889. The van der Waals surface area contributed by atoms with E-state index in [0.717, 1.165) is 68.9 Å². The van der Waals surface area contributed by atoms with E-state index in [-0.39, 0.29) is 40.7 Å². The van der Waals surface area contributed by atoms with Crippen molar-refractivity contribution in [1.82, 2.24) is 24.5 Å². The van der Waals surface area contributed by atoms with Crippen molar-refractivity contribution in [2.24, 2.45) is 10.8 Å². The van der Waals surface area contributed by atoms with Crippen LogP contribution in [0.2, 0.25) is 0 Å². The average molecular weight is 663 g/mol. The number of nitrogens with one attached hydrogen (secondary N) is 2. The molecule has 3 aromatic rings. The van der Waals surface area contributed by atoms with Gasteiger partial charge in [-0.05, 0) is 79.8 Å². The lowest BCUT2D eigenvalue weighted by molar-refractivity contribution is -0.135. The van der Waals surface area contributed by atoms with Crippen LogP contribution in [0.4, 0.5) is 5.82 Å². The maximum Gasteiger partial charge on any atom is 0.269 e. The smallest absolute Gasteiger partial charge is 0.269 e. The number of nitrogens with zero attached hydrogens (tertiary/aromatic N) is 4. The molecule has 0 radical (unpaired) electrons. The van der Waals surface area contributed by atoms with E-state index in [4.69, 9.17) is 4.74 Å². The molecule has 6 rings (SSSR count). The van der Waals surface area contributed by atoms with Crippen LogP contribution in [0.1, 0.15) is 82.6 Å². The first-order valence-electron chi connectivity index (χ1n) is 16.8. The van der Waals surface area contributed by atoms with E-state index in [1.54, 1.807) is 18.3 Å². The van der Waals surface area contributed by atoms with Gasteiger partial charge in [0.15, 0.2) is 0 Å². The third-order valence-corrected chi connectivity index (χ3v) is 11.1. The van der Waals surface area contributed by atoms with Crippen LogP contribution in [0.25, 0.3) is 10.1 Å². The molecular formula is C35H46N6O5S. The van der Waals surface area contributed by atoms with Crippen LogP contribution in [0.5, 0.6) is 5.75 Å². The Morgan fingerprint density at radius 1 is 1.02 bits per heavy atom. The van der Waals surface area contributed by atoms with Gasteiger partial charge in [-0.15, -0.1) is 0 Å². The number of amides is 3. The second-order valence-electron chi connectivity index (χ2n) is 14.6. The van der Waals surface area contributed by atoms with Gasteiger partial charge in [-0.1, -0.05) is 39.2 Å². The highest BCUT2D eigenvalue weighted by molar-refractivity contribution is 7.14. The van der Waals surface area contributed by atoms with Crippen molar-refractivity contribution >= 4 is 45.2 Å². The first-order valence-corrected chi connectivity index (χ1v) is 17.5. The van der Waals surface area contributed by atoms with Crippen LogP contribution >= 0.6 is 11.5 Å². The number of ether oxygens (including phenoxy) is 1. The molecule has 4 heterocycles. The molecule has 1 unspecified atom stereocenters. The second kappa shape index (κ2) is 13.4. The van der Waals surface area contributed by atoms with E-state index in [0.29, 0.717) is 29.7 Å². The molecule has 0 bridgehead atoms. The summed E-state index contributed by atoms with van der Waals surface area (Å²) < 4.78 is 8.23. The highest BCUT2D eigenvalue weighted by atomic mass is 32.1. The minimum atomic E-state index is -0.648. The van der Waals surface area contributed by atoms with Gasteiger partial charge in [-0.3, -0.25) is 33.4 Å². The lowest BCUT2D eigenvalue weighted by Gasteiger charge is -2.57. The fraction of sp³-hybridized carbons (Fsp3) is 0.571. The number of aromatic nitrogens is 2. The molecule has 1 aromatic carbocycles. The molecule has 3 fully saturated rings. The summed E-state index contributed by atoms with van der Waals surface area (Å²) in [5.74, 6) is 0.857. The number of unbranched alkanes of at least 4 members (excludes halogenated alkanes) is 2. The number of carbonyl (C=O) groups excluding carboxylic acids is 3. The first kappa shape index (κ1) is 33.1. The minimum absolute atomic E-state index is 0.0498. The summed E-state index contributed by atoms with van der Waals surface area (Å²) in [4.78, 5) is 58.9. The van der Waals surface area contributed by atoms with Gasteiger partial charge in [0.1, 0.15) is 17.6 Å². The van der Waals surface area contributed by atoms with E-state index in [9.17, 15) is 19.2 Å². The standard InChI is InChI=1S/C35H46N6O5S/c1-34(2)22-35(3,4)33(34)38-30(43)23-8-12-28(36-21-23)40-17-15-39(16-18-40)14-6-5-7-19-46-24-9-10-25-27(20-24)47-41(32(25)45)26-11-13-29(42)37-31(26)44/h8-10,12,20-21,26,33H,5-7,11,13-19,22H2,1-4H3,(H,38,43)(H,37,42,44). The van der Waals surface area contributed by atoms with E-state index >= 15 is 0 Å². The van der Waals surface area contributed by atoms with Crippen LogP contribution in [0.3, 0.4) is 0 Å². The molecule has 1 aliphatic carbocycles. The summed E-state index contributed by atoms with van der Waals surface area (Å²) in [6.45, 7) is 14.3. The molecule has 12 heteroatoms. The van der Waals surface area contributed by atoms with Crippen LogP contribution in [0.15, 0.2) is 41.3 Å². The van der Waals surface area contributed by atoms with Crippen molar-refractivity contribution < 1.29 is 19.1 Å². The molecule has 47 heavy (non-hydrogen) atoms. The van der Waals surface area contributed by atoms with E-state index in [2.05, 4.69) is 53.1 Å². The maximum absolute atomic E-state index is 12.9. The SMILES string of the molecule is CC1(C)CC(C)(C)C1NC(=O)c1ccc(N2CCN(CCCCCOc3ccc4c(=O)n(C5CCC(=O)NC5=O)sc4c3)CC2)nc1. The molecule has 3 amide bonds. The van der Waals surface area contributed by atoms with E-state index in [1.165, 1.54) is 15.5 Å². The zero-order valence-corrected chi connectivity index (χ0v) is 28.7. The number of pyridine rings is 1. The summed E-state index contributed by atoms with van der Waals surface area (Å²) in [6, 6.07) is 8.78. The van der Waals surface area contributed by atoms with Gasteiger partial charge in [-0.2, -0.15) is 0 Å². The monoisotopic (exact) mass is 662 g/mol. The molecule has 2 saturated heterocycles. The summed E-state index contributed by atoms with van der Waals surface area (Å²) in [6.07, 6.45) is 6.45. The number of imide groups is 1. The maximum atomic E-state index is 12.9. The molecular weight excluding hydrogens is 616 g/mol. The normalized spacial score (nSPS) is 21.4. The van der Waals surface area contributed by atoms with Gasteiger partial charge in [-0.25, -0.2) is 4.98 Å². The number of carbonyl (C=O) groups is 3. The van der Waals surface area contributed by atoms with Crippen LogP contribution in [-0.2, 0) is 9.59 Å². The molecule has 1 saturated carbocycles. The van der Waals surface area contributed by atoms with Crippen molar-refractivity contribution in [2.45, 2.75) is 78.3 Å². The molecule has 11 nitrogen and oxygen atoms in total. The number of piperidine rings is 1. The number of piperazine rings is 1. The Labute approximate surface area is 279 Å². The number of fused-ring (bicyclic) bond motifs is 1. The fourth-order valence-corrected chi connectivity index (χ4v) is 8.99. The Kier molecular flexibility index (Phi) is 9.44. The molecule has 2 aromatic heterocycles. The van der Waals surface area contributed by atoms with Crippen molar-refractivity contribution in [1.29, 1.82) is 0 Å². The predicted molar refractivity (Wildman–Crippen MR) is 183 cm³/mol. The van der Waals surface area contributed by atoms with Gasteiger partial charge in [0.2, 0.25) is 5.91 Å². The minimum Gasteiger partial charge on any atom is -0.494 e. The van der Waals surface area contributed by atoms with Gasteiger partial charge >= 0.3 is 0 Å². The quantitative estimate of drug-likeness (QED) is 0.229. The molecule has 252 valence electrons. The lowest BCUT2D eigenvalue weighted by Crippen LogP contribution is -2.63. The second-order valence-corrected chi connectivity index (χ2v) is 15.6. The number of anilines is 1. The molecule has 2 aliphatic heterocycles. The lowest BCUT2D eigenvalue weighted by atomic mass is 9.52. The van der Waals surface area contributed by atoms with Crippen molar-refractivity contribution in [3.8, 4) is 5.75 Å². The Hall–Kier alpha value is -3.77. The largest absolute Gasteiger partial charge is 0.494 e. The molecule has 3 aliphatic rings. The zero-order valence-electron chi connectivity index (χ0n) is 27.8. The van der Waals surface area contributed by atoms with E-state index in [1.807, 2.05) is 18.2 Å². The fourth-order valence-electron chi connectivity index (χ4n) is 7.84. The van der Waals surface area contributed by atoms with Gasteiger partial charge in [0.25, 0.3) is 17.4 Å². The first-order chi connectivity index (χ1) is 22.4. The Morgan fingerprint density at radius 2 is 1.79 bits per heavy atom. The number of rotatable bonds is 11. The number of hydrogen-bond acceptors (Lipinski definition) is 9. The predicted octanol–water partition coefficient (Wildman–Crippen LogP) is 4.36. The van der Waals surface area contributed by atoms with Gasteiger partial charge in [0, 0.05) is 44.8 Å². The summed E-state index contributed by atoms with van der Waals surface area (Å²) >= 11 is 1.24. The third-order valence-electron chi connectivity index (χ3n) is 9.92. The summed E-state index contributed by atoms with van der Waals surface area (Å²) in [5, 5.41) is 6.12. The van der Waals surface area contributed by atoms with Crippen LogP contribution in [0, 0.1) is 10.8 Å². The van der Waals surface area contributed by atoms with Crippen LogP contribution < -0.4 is 25.8 Å². The molecule has 0 spiro atoms. The summed E-state index contributed by atoms with van der Waals surface area (Å²) in [7, 11) is 0. The Bertz CT molecular complexity index is 1670. The van der Waals surface area contributed by atoms with Crippen LogP contribution in [-0.4, -0.2) is 76.9 Å². The van der Waals surface area contributed by atoms with Gasteiger partial charge < -0.3 is 15.0 Å². The van der Waals surface area contributed by atoms with Gasteiger partial charge in [0.05, 0.1) is 22.3 Å². The Morgan fingerprint density at radius 3 is 2.47 bits per heavy atom. The highest BCUT2D eigenvalue weighted by Gasteiger charge is 2.53. The van der Waals surface area contributed by atoms with Crippen molar-refractivity contribution in [3.63, 3.8) is 0 Å².